The lowest BCUT2D eigenvalue weighted by molar-refractivity contribution is 0.439. The van der Waals surface area contributed by atoms with Gasteiger partial charge in [0.15, 0.2) is 0 Å². The molecule has 1 atom stereocenters. The Balaban J connectivity index is 1.97. The third kappa shape index (κ3) is 1.16. The zero-order valence-electron chi connectivity index (χ0n) is 9.29. The highest BCUT2D eigenvalue weighted by atomic mass is 32.1. The van der Waals surface area contributed by atoms with Crippen LogP contribution < -0.4 is 5.32 Å². The third-order valence-electron chi connectivity index (χ3n) is 4.02. The van der Waals surface area contributed by atoms with Gasteiger partial charge in [-0.25, -0.2) is 4.39 Å². The maximum atomic E-state index is 13.5. The summed E-state index contributed by atoms with van der Waals surface area (Å²) < 4.78 is 13.5. The van der Waals surface area contributed by atoms with Gasteiger partial charge >= 0.3 is 0 Å². The predicted octanol–water partition coefficient (Wildman–Crippen LogP) is 3.18. The number of thiophene rings is 1. The monoisotopic (exact) mass is 245 g/mol. The van der Waals surface area contributed by atoms with Gasteiger partial charge in [-0.3, -0.25) is 5.32 Å². The topological polar surface area (TPSA) is 12.0 Å². The lowest BCUT2D eigenvalue weighted by atomic mass is 9.89. The van der Waals surface area contributed by atoms with Crippen LogP contribution >= 0.6 is 11.3 Å². The van der Waals surface area contributed by atoms with Gasteiger partial charge in [-0.15, -0.1) is 11.3 Å². The van der Waals surface area contributed by atoms with E-state index in [-0.39, 0.29) is 11.4 Å². The smallest absolute Gasteiger partial charge is 0.123 e. The number of fused-ring (bicyclic) bond motifs is 4. The molecule has 1 unspecified atom stereocenters. The van der Waals surface area contributed by atoms with Gasteiger partial charge in [-0.1, -0.05) is 6.07 Å². The summed E-state index contributed by atoms with van der Waals surface area (Å²) in [6, 6.07) is 7.39. The maximum absolute atomic E-state index is 13.5. The average molecular weight is 245 g/mol. The molecular formula is C14H12FNS. The molecule has 0 saturated carbocycles. The van der Waals surface area contributed by atoms with Gasteiger partial charge in [0, 0.05) is 11.4 Å². The average Bonchev–Trinajstić information content (AvgIpc) is 2.98. The van der Waals surface area contributed by atoms with Crippen molar-refractivity contribution in [3.63, 3.8) is 0 Å². The zero-order valence-corrected chi connectivity index (χ0v) is 10.1. The fourth-order valence-electron chi connectivity index (χ4n) is 3.21. The third-order valence-corrected chi connectivity index (χ3v) is 5.13. The highest BCUT2D eigenvalue weighted by Crippen LogP contribution is 2.48. The predicted molar refractivity (Wildman–Crippen MR) is 66.7 cm³/mol. The van der Waals surface area contributed by atoms with Crippen LogP contribution in [-0.2, 0) is 18.5 Å². The van der Waals surface area contributed by atoms with Crippen molar-refractivity contribution in [2.45, 2.75) is 24.9 Å². The lowest BCUT2D eigenvalue weighted by Crippen LogP contribution is -2.34. The van der Waals surface area contributed by atoms with Crippen LogP contribution in [0, 0.1) is 5.82 Å². The van der Waals surface area contributed by atoms with Crippen LogP contribution in [0.1, 0.15) is 28.0 Å². The van der Waals surface area contributed by atoms with Crippen LogP contribution in [0.4, 0.5) is 4.39 Å². The van der Waals surface area contributed by atoms with Crippen LogP contribution in [0.2, 0.25) is 0 Å². The van der Waals surface area contributed by atoms with E-state index in [1.54, 1.807) is 23.5 Å². The lowest BCUT2D eigenvalue weighted by Gasteiger charge is -2.25. The molecule has 0 radical (unpaired) electrons. The molecule has 3 heteroatoms. The standard InChI is InChI=1S/C14H12FNS/c15-11-2-1-10-8-16-14(12(10)7-11)5-3-9-4-6-17-13(9)14/h1-2,4,6-7,16H,3,5,8H2. The molecule has 0 bridgehead atoms. The van der Waals surface area contributed by atoms with Crippen molar-refractivity contribution in [1.82, 2.24) is 5.32 Å². The molecule has 0 saturated heterocycles. The molecule has 0 fully saturated rings. The summed E-state index contributed by atoms with van der Waals surface area (Å²) in [5.74, 6) is -0.128. The summed E-state index contributed by atoms with van der Waals surface area (Å²) >= 11 is 1.79. The number of hydrogen-bond donors (Lipinski definition) is 1. The van der Waals surface area contributed by atoms with Gasteiger partial charge in [-0.05, 0) is 53.1 Å². The van der Waals surface area contributed by atoms with Crippen LogP contribution in [-0.4, -0.2) is 0 Å². The van der Waals surface area contributed by atoms with E-state index in [0.29, 0.717) is 0 Å². The van der Waals surface area contributed by atoms with Gasteiger partial charge in [-0.2, -0.15) is 0 Å². The Bertz CT molecular complexity index is 604. The summed E-state index contributed by atoms with van der Waals surface area (Å²) in [6.45, 7) is 0.854. The minimum Gasteiger partial charge on any atom is -0.299 e. The molecule has 17 heavy (non-hydrogen) atoms. The van der Waals surface area contributed by atoms with E-state index in [9.17, 15) is 4.39 Å². The van der Waals surface area contributed by atoms with Gasteiger partial charge in [0.1, 0.15) is 5.82 Å². The Morgan fingerprint density at radius 3 is 3.12 bits per heavy atom. The molecule has 2 aromatic rings. The van der Waals surface area contributed by atoms with Crippen molar-refractivity contribution < 1.29 is 4.39 Å². The Morgan fingerprint density at radius 2 is 2.18 bits per heavy atom. The summed E-state index contributed by atoms with van der Waals surface area (Å²) in [7, 11) is 0. The SMILES string of the molecule is Fc1ccc2c(c1)C1(CCc3ccsc31)NC2. The summed E-state index contributed by atoms with van der Waals surface area (Å²) in [5, 5.41) is 5.75. The van der Waals surface area contributed by atoms with Crippen LogP contribution in [0.25, 0.3) is 0 Å². The molecule has 2 heterocycles. The number of aryl methyl sites for hydroxylation is 1. The second kappa shape index (κ2) is 3.18. The Labute approximate surface area is 103 Å². The van der Waals surface area contributed by atoms with Gasteiger partial charge < -0.3 is 0 Å². The molecule has 1 aliphatic heterocycles. The molecule has 2 aliphatic rings. The van der Waals surface area contributed by atoms with Crippen LogP contribution in [0.15, 0.2) is 29.6 Å². The maximum Gasteiger partial charge on any atom is 0.123 e. The van der Waals surface area contributed by atoms with E-state index in [4.69, 9.17) is 0 Å². The van der Waals surface area contributed by atoms with E-state index in [1.807, 2.05) is 6.07 Å². The first-order valence-corrected chi connectivity index (χ1v) is 6.78. The molecule has 1 N–H and O–H groups in total. The number of halogens is 1. The van der Waals surface area contributed by atoms with Crippen LogP contribution in [0.5, 0.6) is 0 Å². The summed E-state index contributed by atoms with van der Waals surface area (Å²) in [6.07, 6.45) is 2.16. The van der Waals surface area contributed by atoms with E-state index in [0.717, 1.165) is 24.9 Å². The minimum absolute atomic E-state index is 0.0963. The molecule has 1 aliphatic carbocycles. The van der Waals surface area contributed by atoms with Gasteiger partial charge in [0.25, 0.3) is 0 Å². The Morgan fingerprint density at radius 1 is 1.24 bits per heavy atom. The molecular weight excluding hydrogens is 233 g/mol. The highest BCUT2D eigenvalue weighted by Gasteiger charge is 2.45. The van der Waals surface area contributed by atoms with E-state index < -0.39 is 0 Å². The van der Waals surface area contributed by atoms with E-state index in [2.05, 4.69) is 16.8 Å². The molecule has 1 spiro atoms. The first-order chi connectivity index (χ1) is 8.29. The first-order valence-electron chi connectivity index (χ1n) is 5.90. The Kier molecular flexibility index (Phi) is 1.83. The Hall–Kier alpha value is -1.19. The van der Waals surface area contributed by atoms with Gasteiger partial charge in [0.05, 0.1) is 5.54 Å². The number of hydrogen-bond acceptors (Lipinski definition) is 2. The second-order valence-corrected chi connectivity index (χ2v) is 5.75. The number of benzene rings is 1. The molecule has 1 aromatic heterocycles. The molecule has 86 valence electrons. The largest absolute Gasteiger partial charge is 0.299 e. The van der Waals surface area contributed by atoms with E-state index >= 15 is 0 Å². The summed E-state index contributed by atoms with van der Waals surface area (Å²) in [5.41, 5.74) is 3.73. The quantitative estimate of drug-likeness (QED) is 0.751. The van der Waals surface area contributed by atoms with Crippen molar-refractivity contribution >= 4 is 11.3 Å². The molecule has 1 aromatic carbocycles. The fourth-order valence-corrected chi connectivity index (χ4v) is 4.39. The normalized spacial score (nSPS) is 25.2. The minimum atomic E-state index is -0.128. The summed E-state index contributed by atoms with van der Waals surface area (Å²) in [4.78, 5) is 1.39. The van der Waals surface area contributed by atoms with Gasteiger partial charge in [0.2, 0.25) is 0 Å². The number of rotatable bonds is 0. The molecule has 4 rings (SSSR count). The van der Waals surface area contributed by atoms with Crippen molar-refractivity contribution in [1.29, 1.82) is 0 Å². The van der Waals surface area contributed by atoms with Crippen molar-refractivity contribution in [2.24, 2.45) is 0 Å². The second-order valence-electron chi connectivity index (χ2n) is 4.84. The van der Waals surface area contributed by atoms with E-state index in [1.165, 1.54) is 16.0 Å². The molecule has 1 nitrogen and oxygen atoms in total. The zero-order chi connectivity index (χ0) is 11.5. The van der Waals surface area contributed by atoms with Crippen molar-refractivity contribution in [3.8, 4) is 0 Å². The first kappa shape index (κ1) is 9.80. The van der Waals surface area contributed by atoms with Crippen LogP contribution in [0.3, 0.4) is 0 Å². The fraction of sp³-hybridized carbons (Fsp3) is 0.286. The number of nitrogens with one attached hydrogen (secondary N) is 1. The van der Waals surface area contributed by atoms with Crippen molar-refractivity contribution in [2.75, 3.05) is 0 Å². The highest BCUT2D eigenvalue weighted by molar-refractivity contribution is 7.10. The molecule has 0 amide bonds. The van der Waals surface area contributed by atoms with Crippen molar-refractivity contribution in [3.05, 3.63) is 57.0 Å².